The first-order valence-electron chi connectivity index (χ1n) is 5.84. The van der Waals surface area contributed by atoms with Crippen LogP contribution < -0.4 is 4.83 Å². The highest BCUT2D eigenvalue weighted by Crippen LogP contribution is 2.22. The zero-order valence-electron chi connectivity index (χ0n) is 10.7. The molecule has 2 aromatic rings. The van der Waals surface area contributed by atoms with Crippen LogP contribution in [0.1, 0.15) is 5.56 Å². The summed E-state index contributed by atoms with van der Waals surface area (Å²) in [4.78, 5) is 11.6. The molecule has 2 rings (SSSR count). The Morgan fingerprint density at radius 3 is 2.33 bits per heavy atom. The fourth-order valence-corrected chi connectivity index (χ4v) is 2.56. The molecule has 0 aliphatic rings. The highest BCUT2D eigenvalue weighted by molar-refractivity contribution is 7.89. The normalized spacial score (nSPS) is 11.4. The molecular weight excluding hydrogens is 294 g/mol. The van der Waals surface area contributed by atoms with Gasteiger partial charge in [0.1, 0.15) is 0 Å². The summed E-state index contributed by atoms with van der Waals surface area (Å²) in [7, 11) is -4.10. The first-order chi connectivity index (χ1) is 10.0. The van der Waals surface area contributed by atoms with Gasteiger partial charge in [0.05, 0.1) is 11.1 Å². The van der Waals surface area contributed by atoms with Gasteiger partial charge >= 0.3 is 0 Å². The molecule has 0 heterocycles. The number of hydrazone groups is 1. The van der Waals surface area contributed by atoms with Crippen LogP contribution in [-0.4, -0.2) is 19.6 Å². The van der Waals surface area contributed by atoms with Crippen LogP contribution in [0.2, 0.25) is 0 Å². The minimum absolute atomic E-state index is 0.430. The molecular formula is C13H11N3O4S. The van der Waals surface area contributed by atoms with E-state index in [4.69, 9.17) is 0 Å². The van der Waals surface area contributed by atoms with E-state index in [0.29, 0.717) is 5.56 Å². The van der Waals surface area contributed by atoms with Gasteiger partial charge in [-0.3, -0.25) is 10.1 Å². The fourth-order valence-electron chi connectivity index (χ4n) is 1.59. The number of nitro benzene ring substituents is 1. The van der Waals surface area contributed by atoms with E-state index < -0.39 is 25.5 Å². The minimum atomic E-state index is -4.10. The summed E-state index contributed by atoms with van der Waals surface area (Å²) in [5.74, 6) is 0. The van der Waals surface area contributed by atoms with Crippen molar-refractivity contribution in [1.29, 1.82) is 0 Å². The summed E-state index contributed by atoms with van der Waals surface area (Å²) < 4.78 is 24.0. The van der Waals surface area contributed by atoms with Gasteiger partial charge in [-0.05, 0) is 11.6 Å². The summed E-state index contributed by atoms with van der Waals surface area (Å²) in [6.45, 7) is 0. The van der Waals surface area contributed by atoms with Crippen LogP contribution in [0.3, 0.4) is 0 Å². The molecule has 0 spiro atoms. The lowest BCUT2D eigenvalue weighted by molar-refractivity contribution is -0.387. The second-order valence-electron chi connectivity index (χ2n) is 3.99. The smallest absolute Gasteiger partial charge is 0.258 e. The summed E-state index contributed by atoms with van der Waals surface area (Å²) in [5.41, 5.74) is 0.197. The highest BCUT2D eigenvalue weighted by atomic mass is 32.2. The first-order valence-corrected chi connectivity index (χ1v) is 7.32. The predicted octanol–water partition coefficient (Wildman–Crippen LogP) is 1.91. The van der Waals surface area contributed by atoms with E-state index in [0.717, 1.165) is 12.1 Å². The van der Waals surface area contributed by atoms with Crippen LogP contribution >= 0.6 is 0 Å². The molecule has 8 heteroatoms. The Hall–Kier alpha value is -2.74. The van der Waals surface area contributed by atoms with Crippen molar-refractivity contribution in [3.05, 3.63) is 70.3 Å². The summed E-state index contributed by atoms with van der Waals surface area (Å²) in [6, 6.07) is 13.9. The Bertz CT molecular complexity index is 773. The molecule has 0 atom stereocenters. The van der Waals surface area contributed by atoms with Crippen LogP contribution in [0.15, 0.2) is 64.6 Å². The molecule has 0 fully saturated rings. The fraction of sp³-hybridized carbons (Fsp3) is 0. The maximum Gasteiger partial charge on any atom is 0.289 e. The van der Waals surface area contributed by atoms with Crippen molar-refractivity contribution in [1.82, 2.24) is 4.83 Å². The Balaban J connectivity index is 2.24. The average molecular weight is 305 g/mol. The van der Waals surface area contributed by atoms with E-state index in [2.05, 4.69) is 5.10 Å². The van der Waals surface area contributed by atoms with Gasteiger partial charge in [-0.1, -0.05) is 42.5 Å². The maximum atomic E-state index is 12.0. The third-order valence-electron chi connectivity index (χ3n) is 2.54. The van der Waals surface area contributed by atoms with Gasteiger partial charge in [0.2, 0.25) is 0 Å². The Kier molecular flexibility index (Phi) is 4.29. The molecule has 2 aromatic carbocycles. The molecule has 0 unspecified atom stereocenters. The number of benzene rings is 2. The SMILES string of the molecule is O=[N+]([O-])c1ccccc1S(=O)(=O)NN=Cc1ccccc1. The number of sulfonamides is 1. The molecule has 0 aliphatic heterocycles. The van der Waals surface area contributed by atoms with Crippen LogP contribution in [0, 0.1) is 10.1 Å². The van der Waals surface area contributed by atoms with Crippen molar-refractivity contribution in [2.24, 2.45) is 5.10 Å². The van der Waals surface area contributed by atoms with E-state index in [9.17, 15) is 18.5 Å². The molecule has 0 radical (unpaired) electrons. The molecule has 1 N–H and O–H groups in total. The predicted molar refractivity (Wildman–Crippen MR) is 77.5 cm³/mol. The molecule has 0 saturated carbocycles. The zero-order valence-corrected chi connectivity index (χ0v) is 11.5. The number of hydrogen-bond donors (Lipinski definition) is 1. The number of para-hydroxylation sites is 1. The summed E-state index contributed by atoms with van der Waals surface area (Å²) >= 11 is 0. The molecule has 0 aliphatic carbocycles. The number of nitro groups is 1. The summed E-state index contributed by atoms with van der Waals surface area (Å²) in [5, 5.41) is 14.4. The lowest BCUT2D eigenvalue weighted by Crippen LogP contribution is -2.19. The minimum Gasteiger partial charge on any atom is -0.258 e. The lowest BCUT2D eigenvalue weighted by atomic mass is 10.2. The quantitative estimate of drug-likeness (QED) is 0.518. The largest absolute Gasteiger partial charge is 0.289 e. The standard InChI is InChI=1S/C13H11N3O4S/c17-16(18)12-8-4-5-9-13(12)21(19,20)15-14-10-11-6-2-1-3-7-11/h1-10,15H. The number of nitrogens with zero attached hydrogens (tertiary/aromatic N) is 2. The number of hydrogen-bond acceptors (Lipinski definition) is 5. The van der Waals surface area contributed by atoms with E-state index in [-0.39, 0.29) is 0 Å². The second kappa shape index (κ2) is 6.14. The van der Waals surface area contributed by atoms with Crippen molar-refractivity contribution in [2.45, 2.75) is 4.90 Å². The molecule has 0 aromatic heterocycles. The van der Waals surface area contributed by atoms with Gasteiger partial charge in [0, 0.05) is 6.07 Å². The highest BCUT2D eigenvalue weighted by Gasteiger charge is 2.24. The first kappa shape index (κ1) is 14.7. The van der Waals surface area contributed by atoms with Crippen molar-refractivity contribution in [2.75, 3.05) is 0 Å². The van der Waals surface area contributed by atoms with Crippen LogP contribution in [0.5, 0.6) is 0 Å². The van der Waals surface area contributed by atoms with Gasteiger partial charge in [-0.25, -0.2) is 0 Å². The number of nitrogens with one attached hydrogen (secondary N) is 1. The van der Waals surface area contributed by atoms with Crippen LogP contribution in [0.4, 0.5) is 5.69 Å². The number of rotatable bonds is 5. The van der Waals surface area contributed by atoms with Crippen molar-refractivity contribution in [3.8, 4) is 0 Å². The zero-order chi connectivity index (χ0) is 15.3. The summed E-state index contributed by atoms with van der Waals surface area (Å²) in [6.07, 6.45) is 1.31. The van der Waals surface area contributed by atoms with Gasteiger partial charge in [0.15, 0.2) is 4.90 Å². The molecule has 0 amide bonds. The topological polar surface area (TPSA) is 102 Å². The Labute approximate surface area is 121 Å². The lowest BCUT2D eigenvalue weighted by Gasteiger charge is -2.03. The van der Waals surface area contributed by atoms with E-state index >= 15 is 0 Å². The van der Waals surface area contributed by atoms with E-state index in [1.54, 1.807) is 24.3 Å². The van der Waals surface area contributed by atoms with Gasteiger partial charge in [0.25, 0.3) is 15.7 Å². The van der Waals surface area contributed by atoms with Gasteiger partial charge in [-0.2, -0.15) is 18.4 Å². The third-order valence-corrected chi connectivity index (χ3v) is 3.81. The van der Waals surface area contributed by atoms with Crippen LogP contribution in [-0.2, 0) is 10.0 Å². The van der Waals surface area contributed by atoms with Crippen molar-refractivity contribution in [3.63, 3.8) is 0 Å². The molecule has 0 saturated heterocycles. The monoisotopic (exact) mass is 305 g/mol. The molecule has 0 bridgehead atoms. The molecule has 108 valence electrons. The molecule has 7 nitrogen and oxygen atoms in total. The van der Waals surface area contributed by atoms with E-state index in [1.807, 2.05) is 10.9 Å². The van der Waals surface area contributed by atoms with Gasteiger partial charge in [-0.15, -0.1) is 0 Å². The van der Waals surface area contributed by atoms with Crippen LogP contribution in [0.25, 0.3) is 0 Å². The maximum absolute atomic E-state index is 12.0. The van der Waals surface area contributed by atoms with Crippen molar-refractivity contribution >= 4 is 21.9 Å². The van der Waals surface area contributed by atoms with Crippen molar-refractivity contribution < 1.29 is 13.3 Å². The third kappa shape index (κ3) is 3.63. The molecule has 21 heavy (non-hydrogen) atoms. The Morgan fingerprint density at radius 2 is 1.67 bits per heavy atom. The van der Waals surface area contributed by atoms with Gasteiger partial charge < -0.3 is 0 Å². The Morgan fingerprint density at radius 1 is 1.05 bits per heavy atom. The average Bonchev–Trinajstić information content (AvgIpc) is 2.48. The second-order valence-corrected chi connectivity index (χ2v) is 5.62. The van der Waals surface area contributed by atoms with E-state index in [1.165, 1.54) is 18.3 Å².